The number of nitrogens with one attached hydrogen (secondary N) is 1. The molecule has 7 heteroatoms. The van der Waals surface area contributed by atoms with Crippen LogP contribution in [-0.4, -0.2) is 34.1 Å². The zero-order valence-electron chi connectivity index (χ0n) is 17.3. The van der Waals surface area contributed by atoms with Crippen molar-refractivity contribution in [1.29, 1.82) is 0 Å². The van der Waals surface area contributed by atoms with E-state index in [9.17, 15) is 24.9 Å². The summed E-state index contributed by atoms with van der Waals surface area (Å²) in [5.41, 5.74) is -0.606. The summed E-state index contributed by atoms with van der Waals surface area (Å²) in [5.74, 6) is -1.24. The molecule has 4 rings (SSSR count). The number of allylic oxidation sites excluding steroid dienone is 2. The summed E-state index contributed by atoms with van der Waals surface area (Å²) in [6.07, 6.45) is 3.02. The summed E-state index contributed by atoms with van der Waals surface area (Å²) in [5, 5.41) is 35.0. The minimum Gasteiger partial charge on any atom is -0.508 e. The molecule has 4 N–H and O–H groups in total. The van der Waals surface area contributed by atoms with E-state index < -0.39 is 11.5 Å². The Labute approximate surface area is 179 Å². The molecule has 0 spiro atoms. The van der Waals surface area contributed by atoms with Gasteiger partial charge in [-0.1, -0.05) is 13.0 Å². The largest absolute Gasteiger partial charge is 0.508 e. The molecule has 0 aromatic heterocycles. The molecule has 0 saturated heterocycles. The number of ketones is 1. The van der Waals surface area contributed by atoms with Gasteiger partial charge in [0.1, 0.15) is 28.6 Å². The van der Waals surface area contributed by atoms with E-state index in [-0.39, 0.29) is 51.6 Å². The smallest absolute Gasteiger partial charge is 0.251 e. The number of hydrogen-bond acceptors (Lipinski definition) is 6. The van der Waals surface area contributed by atoms with E-state index in [4.69, 9.17) is 4.74 Å². The first-order chi connectivity index (χ1) is 14.7. The third kappa shape index (κ3) is 3.18. The van der Waals surface area contributed by atoms with Crippen molar-refractivity contribution in [3.05, 3.63) is 82.3 Å². The maximum atomic E-state index is 12.5. The Hall–Kier alpha value is -3.58. The molecular weight excluding hydrogens is 398 g/mol. The molecule has 0 saturated carbocycles. The van der Waals surface area contributed by atoms with Crippen LogP contribution in [0.5, 0.6) is 11.5 Å². The summed E-state index contributed by atoms with van der Waals surface area (Å²) in [6, 6.07) is 8.92. The number of aromatic hydroxyl groups is 1. The number of Topliss-reactive ketones (excluding diaryl/α,β-unsaturated/α-hetero) is 1. The molecule has 1 amide bonds. The van der Waals surface area contributed by atoms with Gasteiger partial charge < -0.3 is 25.4 Å². The first-order valence-corrected chi connectivity index (χ1v) is 9.90. The SMILES string of the molecule is CNC(=O)c1ccc(C(C)=O)c(C2(O)c3ccc(O)cc3OC3=CC(O)=CC(C)C32)c1. The summed E-state index contributed by atoms with van der Waals surface area (Å²) in [6.45, 7) is 3.22. The fourth-order valence-corrected chi connectivity index (χ4v) is 4.56. The minimum atomic E-state index is -1.77. The van der Waals surface area contributed by atoms with Crippen LogP contribution in [0.4, 0.5) is 0 Å². The number of amides is 1. The van der Waals surface area contributed by atoms with Crippen LogP contribution in [0.25, 0.3) is 0 Å². The standard InChI is InChI=1S/C24H23NO6/c1-12-8-16(28)11-21-22(12)24(30,18-7-5-15(27)10-20(18)31-21)19-9-14(23(29)25-3)4-6-17(19)13(2)26/h4-12,22,27-28,30H,1-3H3,(H,25,29). The van der Waals surface area contributed by atoms with Crippen molar-refractivity contribution in [2.24, 2.45) is 11.8 Å². The van der Waals surface area contributed by atoms with Crippen LogP contribution in [0, 0.1) is 11.8 Å². The molecule has 2 aliphatic rings. The maximum absolute atomic E-state index is 12.5. The Morgan fingerprint density at radius 1 is 1.10 bits per heavy atom. The van der Waals surface area contributed by atoms with Gasteiger partial charge in [-0.3, -0.25) is 9.59 Å². The van der Waals surface area contributed by atoms with Crippen molar-refractivity contribution >= 4 is 11.7 Å². The molecule has 7 nitrogen and oxygen atoms in total. The highest BCUT2D eigenvalue weighted by atomic mass is 16.5. The average molecular weight is 421 g/mol. The van der Waals surface area contributed by atoms with Crippen LogP contribution < -0.4 is 10.1 Å². The van der Waals surface area contributed by atoms with E-state index in [1.807, 2.05) is 6.92 Å². The van der Waals surface area contributed by atoms with Gasteiger partial charge >= 0.3 is 0 Å². The molecule has 0 radical (unpaired) electrons. The van der Waals surface area contributed by atoms with Crippen molar-refractivity contribution in [2.45, 2.75) is 19.4 Å². The normalized spacial score (nSPS) is 24.1. The van der Waals surface area contributed by atoms with Gasteiger partial charge in [-0.05, 0) is 43.2 Å². The van der Waals surface area contributed by atoms with Crippen LogP contribution in [0.2, 0.25) is 0 Å². The van der Waals surface area contributed by atoms with Gasteiger partial charge in [0.05, 0.1) is 5.92 Å². The maximum Gasteiger partial charge on any atom is 0.251 e. The molecule has 1 aliphatic carbocycles. The predicted molar refractivity (Wildman–Crippen MR) is 113 cm³/mol. The van der Waals surface area contributed by atoms with Gasteiger partial charge in [-0.2, -0.15) is 0 Å². The second kappa shape index (κ2) is 7.28. The Morgan fingerprint density at radius 3 is 2.52 bits per heavy atom. The van der Waals surface area contributed by atoms with Gasteiger partial charge in [0.2, 0.25) is 0 Å². The predicted octanol–water partition coefficient (Wildman–Crippen LogP) is 3.17. The number of ether oxygens (including phenoxy) is 1. The number of aliphatic hydroxyl groups excluding tert-OH is 1. The second-order valence-electron chi connectivity index (χ2n) is 7.92. The van der Waals surface area contributed by atoms with Crippen LogP contribution in [0.3, 0.4) is 0 Å². The van der Waals surface area contributed by atoms with Crippen molar-refractivity contribution in [3.8, 4) is 11.5 Å². The number of carbonyl (C=O) groups excluding carboxylic acids is 2. The fraction of sp³-hybridized carbons (Fsp3) is 0.250. The quantitative estimate of drug-likeness (QED) is 0.566. The summed E-state index contributed by atoms with van der Waals surface area (Å²) in [7, 11) is 1.50. The monoisotopic (exact) mass is 421 g/mol. The Balaban J connectivity index is 2.07. The first-order valence-electron chi connectivity index (χ1n) is 9.90. The Kier molecular flexibility index (Phi) is 4.86. The Morgan fingerprint density at radius 2 is 1.84 bits per heavy atom. The molecule has 2 aromatic carbocycles. The highest BCUT2D eigenvalue weighted by molar-refractivity contribution is 5.99. The average Bonchev–Trinajstić information content (AvgIpc) is 2.71. The molecule has 2 aromatic rings. The van der Waals surface area contributed by atoms with Crippen molar-refractivity contribution in [2.75, 3.05) is 7.05 Å². The van der Waals surface area contributed by atoms with E-state index in [1.165, 1.54) is 50.4 Å². The molecule has 1 heterocycles. The van der Waals surface area contributed by atoms with Crippen LogP contribution in [0.1, 0.15) is 45.7 Å². The van der Waals surface area contributed by atoms with Gasteiger partial charge in [0.25, 0.3) is 5.91 Å². The van der Waals surface area contributed by atoms with E-state index in [1.54, 1.807) is 12.1 Å². The number of aliphatic hydroxyl groups is 2. The summed E-state index contributed by atoms with van der Waals surface area (Å²) >= 11 is 0. The highest BCUT2D eigenvalue weighted by Crippen LogP contribution is 2.54. The lowest BCUT2D eigenvalue weighted by atomic mass is 9.65. The Bertz CT molecular complexity index is 1160. The lowest BCUT2D eigenvalue weighted by Gasteiger charge is -2.46. The van der Waals surface area contributed by atoms with E-state index in [2.05, 4.69) is 5.32 Å². The molecule has 3 atom stereocenters. The first kappa shape index (κ1) is 20.7. The third-order valence-corrected chi connectivity index (χ3v) is 5.91. The van der Waals surface area contributed by atoms with Crippen LogP contribution in [-0.2, 0) is 5.60 Å². The second-order valence-corrected chi connectivity index (χ2v) is 7.92. The van der Waals surface area contributed by atoms with E-state index in [0.717, 1.165) is 0 Å². The topological polar surface area (TPSA) is 116 Å². The highest BCUT2D eigenvalue weighted by Gasteiger charge is 2.52. The minimum absolute atomic E-state index is 0.00407. The van der Waals surface area contributed by atoms with Gasteiger partial charge in [-0.15, -0.1) is 0 Å². The lowest BCUT2D eigenvalue weighted by Crippen LogP contribution is -2.46. The van der Waals surface area contributed by atoms with Crippen molar-refractivity contribution in [1.82, 2.24) is 5.32 Å². The number of phenols is 1. The van der Waals surface area contributed by atoms with E-state index >= 15 is 0 Å². The molecule has 0 fully saturated rings. The zero-order chi connectivity index (χ0) is 22.5. The van der Waals surface area contributed by atoms with Gasteiger partial charge in [-0.25, -0.2) is 0 Å². The van der Waals surface area contributed by atoms with Crippen LogP contribution >= 0.6 is 0 Å². The third-order valence-electron chi connectivity index (χ3n) is 5.91. The number of hydrogen-bond donors (Lipinski definition) is 4. The molecule has 1 aliphatic heterocycles. The number of rotatable bonds is 3. The van der Waals surface area contributed by atoms with Crippen molar-refractivity contribution in [3.63, 3.8) is 0 Å². The summed E-state index contributed by atoms with van der Waals surface area (Å²) < 4.78 is 5.95. The van der Waals surface area contributed by atoms with E-state index in [0.29, 0.717) is 11.3 Å². The van der Waals surface area contributed by atoms with Gasteiger partial charge in [0.15, 0.2) is 5.78 Å². The number of fused-ring (bicyclic) bond motifs is 2. The molecule has 0 bridgehead atoms. The lowest BCUT2D eigenvalue weighted by molar-refractivity contribution is -0.0156. The molecular formula is C24H23NO6. The van der Waals surface area contributed by atoms with Crippen molar-refractivity contribution < 1.29 is 29.6 Å². The number of benzene rings is 2. The molecule has 3 unspecified atom stereocenters. The number of phenolic OH excluding ortho intramolecular Hbond substituents is 1. The van der Waals surface area contributed by atoms with Crippen LogP contribution in [0.15, 0.2) is 60.1 Å². The number of carbonyl (C=O) groups is 2. The molecule has 31 heavy (non-hydrogen) atoms. The molecule has 160 valence electrons. The zero-order valence-corrected chi connectivity index (χ0v) is 17.3. The fourth-order valence-electron chi connectivity index (χ4n) is 4.56. The summed E-state index contributed by atoms with van der Waals surface area (Å²) in [4.78, 5) is 24.8. The van der Waals surface area contributed by atoms with Gasteiger partial charge in [0, 0.05) is 41.4 Å².